The molecule has 8 unspecified atom stereocenters. The number of aromatic nitrogens is 1. The molecule has 8 amide bonds. The quantitative estimate of drug-likeness (QED) is 0.0346. The van der Waals surface area contributed by atoms with Gasteiger partial charge < -0.3 is 63.5 Å². The van der Waals surface area contributed by atoms with E-state index >= 15 is 0 Å². The average molecular weight is 1060 g/mol. The van der Waals surface area contributed by atoms with Crippen LogP contribution in [0.4, 0.5) is 0 Å². The van der Waals surface area contributed by atoms with Gasteiger partial charge in [-0.25, -0.2) is 4.79 Å². The summed E-state index contributed by atoms with van der Waals surface area (Å²) in [5.41, 5.74) is 9.02. The number of H-pyrrole nitrogens is 1. The van der Waals surface area contributed by atoms with Crippen LogP contribution in [0.5, 0.6) is 0 Å². The van der Waals surface area contributed by atoms with E-state index in [2.05, 4.69) is 47.5 Å². The zero-order chi connectivity index (χ0) is 55.2. The summed E-state index contributed by atoms with van der Waals surface area (Å²) in [6.45, 7) is 9.58. The zero-order valence-corrected chi connectivity index (χ0v) is 43.7. The third-order valence-corrected chi connectivity index (χ3v) is 12.5. The fourth-order valence-corrected chi connectivity index (χ4v) is 8.30. The van der Waals surface area contributed by atoms with E-state index in [1.807, 2.05) is 62.4 Å². The second-order valence-electron chi connectivity index (χ2n) is 18.8. The lowest BCUT2D eigenvalue weighted by molar-refractivity contribution is -0.142. The van der Waals surface area contributed by atoms with Crippen molar-refractivity contribution in [1.82, 2.24) is 47.5 Å². The number of amides is 8. The summed E-state index contributed by atoms with van der Waals surface area (Å²) < 4.78 is 0. The van der Waals surface area contributed by atoms with E-state index < -0.39 is 108 Å². The van der Waals surface area contributed by atoms with Gasteiger partial charge in [-0.1, -0.05) is 107 Å². The maximum absolute atomic E-state index is 14.6. The molecule has 0 aliphatic heterocycles. The standard InChI is InChI=1S/C53H70N10O11S/c1-30(2)23-40(59-47(67)37(54)24-33-15-9-7-10-16-33)51(71)63-46(32(5)64)52(72)58-39(21-22-75-6)49(69)61-42(26-35-27-55-38-20-14-13-19-36(35)38)50(70)60-41(25-34-17-11-8-12-18-34)48(68)57-28-43(65)56-29-44(66)62-45(31(3)4)53(73)74/h7-20,27-32,37,39-42,45-46,55,64H,21-26,54H2,1-6H3,(H,56,65)(H,57,68)(H,58,72)(H,59,67)(H,60,70)(H,61,69)(H,62,66)(H,63,71)(H,73,74). The second-order valence-corrected chi connectivity index (χ2v) is 19.8. The minimum Gasteiger partial charge on any atom is -0.480 e. The van der Waals surface area contributed by atoms with Gasteiger partial charge in [0.05, 0.1) is 12.1 Å². The first-order valence-corrected chi connectivity index (χ1v) is 25.9. The minimum atomic E-state index is -1.60. The highest BCUT2D eigenvalue weighted by Gasteiger charge is 2.35. The van der Waals surface area contributed by atoms with Gasteiger partial charge in [0.15, 0.2) is 0 Å². The summed E-state index contributed by atoms with van der Waals surface area (Å²) in [6, 6.07) is 16.0. The molecule has 75 heavy (non-hydrogen) atoms. The molecule has 404 valence electrons. The third-order valence-electron chi connectivity index (χ3n) is 11.9. The van der Waals surface area contributed by atoms with Crippen LogP contribution in [0.25, 0.3) is 10.9 Å². The number of aliphatic carboxylic acids is 1. The molecule has 2 radical (unpaired) electrons. The number of carboxylic acids is 1. The van der Waals surface area contributed by atoms with Gasteiger partial charge in [0.2, 0.25) is 47.3 Å². The second kappa shape index (κ2) is 30.2. The molecule has 22 heteroatoms. The number of aliphatic hydroxyl groups excluding tert-OH is 1. The Morgan fingerprint density at radius 1 is 0.587 bits per heavy atom. The van der Waals surface area contributed by atoms with Crippen LogP contribution in [0.15, 0.2) is 91.1 Å². The van der Waals surface area contributed by atoms with Crippen LogP contribution >= 0.6 is 11.8 Å². The Kier molecular flexibility index (Phi) is 24.2. The van der Waals surface area contributed by atoms with Gasteiger partial charge in [-0.15, -0.1) is 0 Å². The maximum atomic E-state index is 14.6. The topological polar surface area (TPSA) is 332 Å². The van der Waals surface area contributed by atoms with Crippen LogP contribution in [-0.4, -0.2) is 129 Å². The van der Waals surface area contributed by atoms with E-state index in [0.29, 0.717) is 23.4 Å². The van der Waals surface area contributed by atoms with Crippen molar-refractivity contribution < 1.29 is 53.4 Å². The monoisotopic (exact) mass is 1050 g/mol. The Bertz CT molecular complexity index is 2560. The molecule has 21 nitrogen and oxygen atoms in total. The molecule has 0 bridgehead atoms. The molecule has 13 N–H and O–H groups in total. The number of thioether (sulfide) groups is 1. The summed E-state index contributed by atoms with van der Waals surface area (Å²) in [7, 11) is 0. The SMILES string of the molecule is CSCCC(NC(=O)C(NC(=O)C(CC(C)C)NC(=O)C(N)Cc1ccccc1)C(C)O)C(=O)NC(Cc1c[nH]c2ccccc12)C(=O)NC(Cc1ccccc1)C(=O)N[CH]C(=O)N[CH]C(=O)NC(C(=O)O)C(C)C. The van der Waals surface area contributed by atoms with Gasteiger partial charge in [-0.3, -0.25) is 38.4 Å². The molecule has 4 rings (SSSR count). The van der Waals surface area contributed by atoms with E-state index in [9.17, 15) is 53.4 Å². The Morgan fingerprint density at radius 2 is 1.12 bits per heavy atom. The van der Waals surface area contributed by atoms with Gasteiger partial charge in [-0.2, -0.15) is 11.8 Å². The highest BCUT2D eigenvalue weighted by Crippen LogP contribution is 2.20. The number of rotatable bonds is 30. The lowest BCUT2D eigenvalue weighted by Gasteiger charge is -2.28. The number of nitrogens with one attached hydrogen (secondary N) is 9. The Morgan fingerprint density at radius 3 is 1.71 bits per heavy atom. The van der Waals surface area contributed by atoms with Crippen LogP contribution in [0.1, 0.15) is 64.2 Å². The van der Waals surface area contributed by atoms with E-state index in [1.54, 1.807) is 62.7 Å². The van der Waals surface area contributed by atoms with Gasteiger partial charge in [-0.05, 0) is 72.8 Å². The van der Waals surface area contributed by atoms with E-state index in [-0.39, 0.29) is 38.0 Å². The number of carbonyl (C=O) groups excluding carboxylic acids is 8. The number of para-hydroxylation sites is 1. The van der Waals surface area contributed by atoms with Crippen LogP contribution in [0.3, 0.4) is 0 Å². The maximum Gasteiger partial charge on any atom is 0.326 e. The van der Waals surface area contributed by atoms with Crippen LogP contribution in [0, 0.1) is 24.9 Å². The van der Waals surface area contributed by atoms with Crippen molar-refractivity contribution in [2.75, 3.05) is 12.0 Å². The first kappa shape index (κ1) is 60.3. The Hall–Kier alpha value is -7.30. The molecule has 1 aromatic heterocycles. The highest BCUT2D eigenvalue weighted by molar-refractivity contribution is 7.98. The number of carbonyl (C=O) groups is 9. The number of hydrogen-bond donors (Lipinski definition) is 12. The molecule has 3 aromatic carbocycles. The first-order valence-electron chi connectivity index (χ1n) is 24.5. The number of aliphatic hydroxyl groups is 1. The molecule has 1 heterocycles. The molecular formula is C53H70N10O11S. The van der Waals surface area contributed by atoms with E-state index in [0.717, 1.165) is 23.0 Å². The number of hydrogen-bond acceptors (Lipinski definition) is 12. The molecule has 0 saturated heterocycles. The van der Waals surface area contributed by atoms with E-state index in [1.165, 1.54) is 18.7 Å². The van der Waals surface area contributed by atoms with Gasteiger partial charge >= 0.3 is 5.97 Å². The largest absolute Gasteiger partial charge is 0.480 e. The number of aromatic amines is 1. The molecule has 0 aliphatic carbocycles. The van der Waals surface area contributed by atoms with Crippen LogP contribution in [-0.2, 0) is 62.4 Å². The highest BCUT2D eigenvalue weighted by atomic mass is 32.2. The van der Waals surface area contributed by atoms with Crippen molar-refractivity contribution in [3.8, 4) is 0 Å². The average Bonchev–Trinajstić information content (AvgIpc) is 3.78. The lowest BCUT2D eigenvalue weighted by atomic mass is 10.0. The van der Waals surface area contributed by atoms with Gasteiger partial charge in [0.1, 0.15) is 49.3 Å². The van der Waals surface area contributed by atoms with Crippen LogP contribution < -0.4 is 48.3 Å². The number of nitrogens with two attached hydrogens (primary N) is 1. The summed E-state index contributed by atoms with van der Waals surface area (Å²) in [4.78, 5) is 124. The summed E-state index contributed by atoms with van der Waals surface area (Å²) in [6.07, 6.45) is 2.20. The normalized spacial score (nSPS) is 14.4. The smallest absolute Gasteiger partial charge is 0.326 e. The molecule has 0 saturated carbocycles. The summed E-state index contributed by atoms with van der Waals surface area (Å²) >= 11 is 1.37. The third kappa shape index (κ3) is 19.8. The molecule has 4 aromatic rings. The number of carboxylic acid groups (broad SMARTS) is 1. The Balaban J connectivity index is 1.55. The van der Waals surface area contributed by atoms with E-state index in [4.69, 9.17) is 5.73 Å². The number of benzene rings is 3. The Labute approximate surface area is 440 Å². The van der Waals surface area contributed by atoms with Crippen LogP contribution in [0.2, 0.25) is 0 Å². The predicted molar refractivity (Wildman–Crippen MR) is 283 cm³/mol. The van der Waals surface area contributed by atoms with Crippen molar-refractivity contribution in [3.63, 3.8) is 0 Å². The van der Waals surface area contributed by atoms with Crippen molar-refractivity contribution in [3.05, 3.63) is 121 Å². The first-order chi connectivity index (χ1) is 35.7. The predicted octanol–water partition coefficient (Wildman–Crippen LogP) is 0.908. The molecule has 8 atom stereocenters. The fourth-order valence-electron chi connectivity index (χ4n) is 7.82. The zero-order valence-electron chi connectivity index (χ0n) is 42.9. The van der Waals surface area contributed by atoms with Crippen molar-refractivity contribution in [1.29, 1.82) is 0 Å². The van der Waals surface area contributed by atoms with Crippen molar-refractivity contribution in [2.45, 2.75) is 115 Å². The van der Waals surface area contributed by atoms with Gasteiger partial charge in [0, 0.05) is 29.9 Å². The summed E-state index contributed by atoms with van der Waals surface area (Å²) in [5, 5.41) is 41.1. The van der Waals surface area contributed by atoms with Crippen molar-refractivity contribution in [2.24, 2.45) is 17.6 Å². The van der Waals surface area contributed by atoms with Gasteiger partial charge in [0.25, 0.3) is 0 Å². The molecule has 0 aliphatic rings. The van der Waals surface area contributed by atoms with Crippen molar-refractivity contribution >= 4 is 75.9 Å². The minimum absolute atomic E-state index is 0.0415. The summed E-state index contributed by atoms with van der Waals surface area (Å²) in [5.74, 6) is -8.09. The fraction of sp³-hybridized carbons (Fsp3) is 0.415. The number of fused-ring (bicyclic) bond motifs is 1. The molecule has 0 spiro atoms. The molecule has 0 fully saturated rings. The molecular weight excluding hydrogens is 985 g/mol. The lowest BCUT2D eigenvalue weighted by Crippen LogP contribution is -2.61.